The Kier molecular flexibility index (Phi) is 2.26. The van der Waals surface area contributed by atoms with Crippen molar-refractivity contribution in [1.29, 1.82) is 0 Å². The van der Waals surface area contributed by atoms with E-state index < -0.39 is 4.92 Å². The van der Waals surface area contributed by atoms with E-state index in [-0.39, 0.29) is 5.69 Å². The maximum absolute atomic E-state index is 10.6. The molecule has 2 aromatic rings. The van der Waals surface area contributed by atoms with Crippen LogP contribution in [0.25, 0.3) is 11.1 Å². The first-order valence-corrected chi connectivity index (χ1v) is 5.85. The summed E-state index contributed by atoms with van der Waals surface area (Å²) in [4.78, 5) is 14.4. The molecule has 0 saturated heterocycles. The summed E-state index contributed by atoms with van der Waals surface area (Å²) in [6, 6.07) is 4.84. The van der Waals surface area contributed by atoms with E-state index in [4.69, 9.17) is 4.42 Å². The lowest BCUT2D eigenvalue weighted by atomic mass is 10.1. The number of non-ortho nitro benzene ring substituents is 1. The van der Waals surface area contributed by atoms with Gasteiger partial charge >= 0.3 is 0 Å². The molecule has 0 atom stereocenters. The minimum absolute atomic E-state index is 0.0245. The van der Waals surface area contributed by atoms with Crippen molar-refractivity contribution in [2.75, 3.05) is 11.9 Å². The Morgan fingerprint density at radius 2 is 2.33 bits per heavy atom. The van der Waals surface area contributed by atoms with Crippen LogP contribution >= 0.6 is 0 Å². The van der Waals surface area contributed by atoms with Gasteiger partial charge in [-0.15, -0.1) is 0 Å². The molecule has 1 fully saturated rings. The summed E-state index contributed by atoms with van der Waals surface area (Å²) in [5.74, 6) is 0. The Labute approximate surface area is 103 Å². The molecule has 1 aliphatic rings. The molecule has 6 heteroatoms. The second kappa shape index (κ2) is 3.69. The maximum Gasteiger partial charge on any atom is 0.295 e. The van der Waals surface area contributed by atoms with Gasteiger partial charge in [0.15, 0.2) is 5.58 Å². The van der Waals surface area contributed by atoms with Crippen LogP contribution in [0.15, 0.2) is 22.6 Å². The highest BCUT2D eigenvalue weighted by Crippen LogP contribution is 2.44. The van der Waals surface area contributed by atoms with Gasteiger partial charge in [0.2, 0.25) is 0 Å². The van der Waals surface area contributed by atoms with Gasteiger partial charge in [-0.3, -0.25) is 10.1 Å². The lowest BCUT2D eigenvalue weighted by Crippen LogP contribution is -2.11. The molecule has 1 heterocycles. The highest BCUT2D eigenvalue weighted by Gasteiger charge is 2.37. The third kappa shape index (κ3) is 2.01. The number of oxazole rings is 1. The van der Waals surface area contributed by atoms with Crippen LogP contribution in [0.1, 0.15) is 19.8 Å². The van der Waals surface area contributed by atoms with E-state index in [0.717, 1.165) is 6.54 Å². The Bertz CT molecular complexity index is 616. The average Bonchev–Trinajstić information content (AvgIpc) is 2.92. The maximum atomic E-state index is 10.6. The van der Waals surface area contributed by atoms with Gasteiger partial charge in [-0.25, -0.2) is 0 Å². The molecule has 1 saturated carbocycles. The quantitative estimate of drug-likeness (QED) is 0.663. The van der Waals surface area contributed by atoms with Gasteiger partial charge in [0, 0.05) is 18.7 Å². The van der Waals surface area contributed by atoms with Crippen LogP contribution < -0.4 is 5.32 Å². The van der Waals surface area contributed by atoms with E-state index in [2.05, 4.69) is 17.2 Å². The summed E-state index contributed by atoms with van der Waals surface area (Å²) >= 11 is 0. The number of benzene rings is 1. The average molecular weight is 247 g/mol. The fraction of sp³-hybridized carbons (Fsp3) is 0.417. The molecule has 1 aromatic heterocycles. The smallest absolute Gasteiger partial charge is 0.295 e. The van der Waals surface area contributed by atoms with Gasteiger partial charge in [0.25, 0.3) is 11.7 Å². The van der Waals surface area contributed by atoms with Crippen LogP contribution in [0.5, 0.6) is 0 Å². The minimum Gasteiger partial charge on any atom is -0.424 e. The number of aromatic nitrogens is 1. The lowest BCUT2D eigenvalue weighted by molar-refractivity contribution is -0.384. The van der Waals surface area contributed by atoms with Crippen molar-refractivity contribution < 1.29 is 9.34 Å². The highest BCUT2D eigenvalue weighted by molar-refractivity contribution is 5.77. The molecule has 1 N–H and O–H groups in total. The molecular formula is C12H13N3O3. The van der Waals surface area contributed by atoms with Crippen molar-refractivity contribution in [3.8, 4) is 0 Å². The number of anilines is 1. The number of hydrogen-bond acceptors (Lipinski definition) is 5. The number of rotatable bonds is 4. The third-order valence-corrected chi connectivity index (χ3v) is 3.35. The van der Waals surface area contributed by atoms with E-state index in [1.807, 2.05) is 0 Å². The van der Waals surface area contributed by atoms with Crippen molar-refractivity contribution in [1.82, 2.24) is 4.98 Å². The predicted octanol–water partition coefficient (Wildman–Crippen LogP) is 2.95. The van der Waals surface area contributed by atoms with Crippen molar-refractivity contribution >= 4 is 22.8 Å². The van der Waals surface area contributed by atoms with Crippen LogP contribution in [-0.2, 0) is 0 Å². The minimum atomic E-state index is -0.438. The Morgan fingerprint density at radius 3 is 3.00 bits per heavy atom. The van der Waals surface area contributed by atoms with Crippen molar-refractivity contribution in [3.63, 3.8) is 0 Å². The largest absolute Gasteiger partial charge is 0.424 e. The number of nitrogens with one attached hydrogen (secondary N) is 1. The molecule has 0 aliphatic heterocycles. The van der Waals surface area contributed by atoms with Crippen molar-refractivity contribution in [3.05, 3.63) is 28.3 Å². The molecular weight excluding hydrogens is 234 g/mol. The van der Waals surface area contributed by atoms with Crippen LogP contribution in [0.3, 0.4) is 0 Å². The normalized spacial score (nSPS) is 16.7. The van der Waals surface area contributed by atoms with Gasteiger partial charge in [-0.1, -0.05) is 6.92 Å². The Hall–Kier alpha value is -2.11. The molecule has 1 aromatic carbocycles. The highest BCUT2D eigenvalue weighted by atomic mass is 16.6. The molecule has 0 bridgehead atoms. The molecule has 0 spiro atoms. The van der Waals surface area contributed by atoms with Crippen LogP contribution in [0, 0.1) is 15.5 Å². The van der Waals surface area contributed by atoms with Crippen molar-refractivity contribution in [2.45, 2.75) is 19.8 Å². The fourth-order valence-corrected chi connectivity index (χ4v) is 1.78. The Morgan fingerprint density at radius 1 is 1.56 bits per heavy atom. The third-order valence-electron chi connectivity index (χ3n) is 3.35. The van der Waals surface area contributed by atoms with E-state index in [1.165, 1.54) is 25.0 Å². The second-order valence-corrected chi connectivity index (χ2v) is 5.09. The first kappa shape index (κ1) is 11.0. The summed E-state index contributed by atoms with van der Waals surface area (Å²) in [7, 11) is 0. The molecule has 0 unspecified atom stereocenters. The number of nitro groups is 1. The zero-order valence-corrected chi connectivity index (χ0v) is 9.97. The van der Waals surface area contributed by atoms with Gasteiger partial charge in [-0.05, 0) is 24.3 Å². The molecule has 1 aliphatic carbocycles. The second-order valence-electron chi connectivity index (χ2n) is 5.09. The SMILES string of the molecule is CC1(CNc2nc3cc([N+](=O)[O-])ccc3o2)CC1. The zero-order valence-electron chi connectivity index (χ0n) is 9.97. The first-order valence-electron chi connectivity index (χ1n) is 5.85. The van der Waals surface area contributed by atoms with Crippen LogP contribution in [0.4, 0.5) is 11.7 Å². The number of nitro benzene ring substituents is 1. The lowest BCUT2D eigenvalue weighted by Gasteiger charge is -2.06. The van der Waals surface area contributed by atoms with Gasteiger partial charge in [0.1, 0.15) is 5.52 Å². The summed E-state index contributed by atoms with van der Waals surface area (Å²) in [5.41, 5.74) is 1.44. The predicted molar refractivity (Wildman–Crippen MR) is 66.5 cm³/mol. The molecule has 6 nitrogen and oxygen atoms in total. The molecule has 3 rings (SSSR count). The molecule has 94 valence electrons. The van der Waals surface area contributed by atoms with Crippen LogP contribution in [0.2, 0.25) is 0 Å². The summed E-state index contributed by atoms with van der Waals surface area (Å²) < 4.78 is 5.48. The first-order chi connectivity index (χ1) is 8.56. The number of nitrogens with zero attached hydrogens (tertiary/aromatic N) is 2. The molecule has 18 heavy (non-hydrogen) atoms. The van der Waals surface area contributed by atoms with Gasteiger partial charge in [0.05, 0.1) is 4.92 Å². The monoisotopic (exact) mass is 247 g/mol. The molecule has 0 radical (unpaired) electrons. The standard InChI is InChI=1S/C12H13N3O3/c1-12(4-5-12)7-13-11-14-9-6-8(15(16)17)2-3-10(9)18-11/h2-3,6H,4-5,7H2,1H3,(H,13,14). The topological polar surface area (TPSA) is 81.2 Å². The summed E-state index contributed by atoms with van der Waals surface area (Å²) in [6.45, 7) is 3.02. The Balaban J connectivity index is 1.83. The zero-order chi connectivity index (χ0) is 12.8. The fourth-order valence-electron chi connectivity index (χ4n) is 1.78. The van der Waals surface area contributed by atoms with E-state index in [9.17, 15) is 10.1 Å². The number of hydrogen-bond donors (Lipinski definition) is 1. The van der Waals surface area contributed by atoms with Crippen molar-refractivity contribution in [2.24, 2.45) is 5.41 Å². The van der Waals surface area contributed by atoms with Crippen LogP contribution in [-0.4, -0.2) is 16.5 Å². The van der Waals surface area contributed by atoms with E-state index in [1.54, 1.807) is 6.07 Å². The van der Waals surface area contributed by atoms with E-state index >= 15 is 0 Å². The van der Waals surface area contributed by atoms with Gasteiger partial charge in [-0.2, -0.15) is 4.98 Å². The van der Waals surface area contributed by atoms with E-state index in [0.29, 0.717) is 22.5 Å². The summed E-state index contributed by atoms with van der Waals surface area (Å²) in [5, 5.41) is 13.8. The molecule has 0 amide bonds. The number of fused-ring (bicyclic) bond motifs is 1. The summed E-state index contributed by atoms with van der Waals surface area (Å²) in [6.07, 6.45) is 2.43. The van der Waals surface area contributed by atoms with Gasteiger partial charge < -0.3 is 9.73 Å².